The second-order valence-corrected chi connectivity index (χ2v) is 6.11. The number of benzene rings is 2. The van der Waals surface area contributed by atoms with Crippen LogP contribution in [0.3, 0.4) is 0 Å². The van der Waals surface area contributed by atoms with Gasteiger partial charge in [-0.2, -0.15) is 0 Å². The number of hydrogen-bond acceptors (Lipinski definition) is 1. The van der Waals surface area contributed by atoms with Gasteiger partial charge in [0, 0.05) is 6.04 Å². The molecule has 0 heterocycles. The zero-order chi connectivity index (χ0) is 15.4. The molecule has 1 N–H and O–H groups in total. The second kappa shape index (κ2) is 6.91. The third-order valence-electron chi connectivity index (χ3n) is 4.15. The van der Waals surface area contributed by atoms with E-state index in [4.69, 9.17) is 0 Å². The summed E-state index contributed by atoms with van der Waals surface area (Å²) >= 11 is 0. The van der Waals surface area contributed by atoms with Crippen molar-refractivity contribution in [3.63, 3.8) is 0 Å². The lowest BCUT2D eigenvalue weighted by atomic mass is 9.91. The fraction of sp³-hybridized carbons (Fsp3) is 0.400. The van der Waals surface area contributed by atoms with Gasteiger partial charge in [-0.3, -0.25) is 0 Å². The third kappa shape index (κ3) is 3.95. The maximum Gasteiger partial charge on any atom is 0.0361 e. The first-order chi connectivity index (χ1) is 10.0. The van der Waals surface area contributed by atoms with Crippen LogP contribution in [0, 0.1) is 27.7 Å². The Labute approximate surface area is 129 Å². The van der Waals surface area contributed by atoms with Crippen LogP contribution in [0.1, 0.15) is 46.3 Å². The third-order valence-corrected chi connectivity index (χ3v) is 4.15. The van der Waals surface area contributed by atoms with Crippen LogP contribution < -0.4 is 5.32 Å². The summed E-state index contributed by atoms with van der Waals surface area (Å²) in [5.74, 6) is 0. The minimum atomic E-state index is 0.383. The molecule has 0 amide bonds. The summed E-state index contributed by atoms with van der Waals surface area (Å²) in [6.45, 7) is 12.0. The van der Waals surface area contributed by atoms with Gasteiger partial charge in [-0.15, -0.1) is 0 Å². The van der Waals surface area contributed by atoms with Gasteiger partial charge in [0.1, 0.15) is 0 Å². The van der Waals surface area contributed by atoms with E-state index in [0.717, 1.165) is 13.0 Å². The first-order valence-corrected chi connectivity index (χ1v) is 7.88. The largest absolute Gasteiger partial charge is 0.310 e. The van der Waals surface area contributed by atoms with E-state index < -0.39 is 0 Å². The van der Waals surface area contributed by atoms with Gasteiger partial charge in [-0.05, 0) is 62.9 Å². The lowest BCUT2D eigenvalue weighted by Gasteiger charge is -2.22. The molecule has 0 aliphatic rings. The molecule has 1 nitrogen and oxygen atoms in total. The van der Waals surface area contributed by atoms with Gasteiger partial charge < -0.3 is 5.32 Å². The van der Waals surface area contributed by atoms with E-state index in [9.17, 15) is 0 Å². The first-order valence-electron chi connectivity index (χ1n) is 7.88. The molecular weight excluding hydrogens is 254 g/mol. The number of likely N-dealkylation sites (N-methyl/N-ethyl adjacent to an activating group) is 1. The molecule has 2 aromatic carbocycles. The van der Waals surface area contributed by atoms with Gasteiger partial charge in [-0.25, -0.2) is 0 Å². The van der Waals surface area contributed by atoms with Crippen molar-refractivity contribution >= 4 is 0 Å². The summed E-state index contributed by atoms with van der Waals surface area (Å²) < 4.78 is 0. The summed E-state index contributed by atoms with van der Waals surface area (Å²) in [6.07, 6.45) is 1.05. The van der Waals surface area contributed by atoms with Crippen molar-refractivity contribution in [1.82, 2.24) is 5.32 Å². The number of rotatable bonds is 5. The highest BCUT2D eigenvalue weighted by atomic mass is 14.9. The van der Waals surface area contributed by atoms with E-state index in [0.29, 0.717) is 6.04 Å². The minimum absolute atomic E-state index is 0.383. The van der Waals surface area contributed by atoms with Crippen molar-refractivity contribution in [2.75, 3.05) is 6.54 Å². The van der Waals surface area contributed by atoms with Crippen molar-refractivity contribution in [2.45, 2.75) is 47.1 Å². The predicted octanol–water partition coefficient (Wildman–Crippen LogP) is 4.81. The molecular formula is C20H27N. The second-order valence-electron chi connectivity index (χ2n) is 6.11. The first kappa shape index (κ1) is 15.8. The lowest BCUT2D eigenvalue weighted by molar-refractivity contribution is 0.547. The molecule has 0 fully saturated rings. The van der Waals surface area contributed by atoms with Gasteiger partial charge in [0.15, 0.2) is 0 Å². The van der Waals surface area contributed by atoms with Crippen LogP contribution in [-0.4, -0.2) is 6.54 Å². The van der Waals surface area contributed by atoms with Crippen molar-refractivity contribution in [3.8, 4) is 0 Å². The molecule has 1 heteroatoms. The molecule has 2 aromatic rings. The highest BCUT2D eigenvalue weighted by molar-refractivity contribution is 5.37. The number of nitrogens with one attached hydrogen (secondary N) is 1. The van der Waals surface area contributed by atoms with E-state index in [2.05, 4.69) is 76.3 Å². The molecule has 1 unspecified atom stereocenters. The van der Waals surface area contributed by atoms with E-state index in [1.165, 1.54) is 33.4 Å². The van der Waals surface area contributed by atoms with Gasteiger partial charge >= 0.3 is 0 Å². The normalized spacial score (nSPS) is 12.4. The van der Waals surface area contributed by atoms with E-state index in [-0.39, 0.29) is 0 Å². The van der Waals surface area contributed by atoms with Crippen LogP contribution in [0.2, 0.25) is 0 Å². The smallest absolute Gasteiger partial charge is 0.0361 e. The van der Waals surface area contributed by atoms with Gasteiger partial charge in [0.2, 0.25) is 0 Å². The quantitative estimate of drug-likeness (QED) is 0.829. The SMILES string of the molecule is CCNC(Cc1c(C)cccc1C)c1cc(C)cc(C)c1. The standard InChI is InChI=1S/C20H27N/c1-6-21-20(18-11-14(2)10-15(3)12-18)13-19-16(4)8-7-9-17(19)5/h7-12,20-21H,6,13H2,1-5H3. The molecule has 0 saturated carbocycles. The molecule has 0 radical (unpaired) electrons. The highest BCUT2D eigenvalue weighted by Gasteiger charge is 2.14. The maximum absolute atomic E-state index is 3.66. The monoisotopic (exact) mass is 281 g/mol. The maximum atomic E-state index is 3.66. The Bertz CT molecular complexity index is 573. The van der Waals surface area contributed by atoms with Crippen LogP contribution in [0.4, 0.5) is 0 Å². The Balaban J connectivity index is 2.35. The Morgan fingerprint density at radius 2 is 1.48 bits per heavy atom. The summed E-state index contributed by atoms with van der Waals surface area (Å²) in [5.41, 5.74) is 8.34. The fourth-order valence-corrected chi connectivity index (χ4v) is 3.14. The minimum Gasteiger partial charge on any atom is -0.310 e. The summed E-state index contributed by atoms with van der Waals surface area (Å²) in [6, 6.07) is 13.8. The van der Waals surface area contributed by atoms with Crippen molar-refractivity contribution < 1.29 is 0 Å². The molecule has 1 atom stereocenters. The lowest BCUT2D eigenvalue weighted by Crippen LogP contribution is -2.23. The van der Waals surface area contributed by atoms with Crippen LogP contribution in [0.15, 0.2) is 36.4 Å². The van der Waals surface area contributed by atoms with Gasteiger partial charge in [0.05, 0.1) is 0 Å². The average Bonchev–Trinajstić information content (AvgIpc) is 2.40. The zero-order valence-corrected chi connectivity index (χ0v) is 14.0. The van der Waals surface area contributed by atoms with Crippen molar-refractivity contribution in [2.24, 2.45) is 0 Å². The van der Waals surface area contributed by atoms with Gasteiger partial charge in [-0.1, -0.05) is 54.4 Å². The topological polar surface area (TPSA) is 12.0 Å². The Morgan fingerprint density at radius 3 is 2.00 bits per heavy atom. The molecule has 0 bridgehead atoms. The van der Waals surface area contributed by atoms with Crippen molar-refractivity contribution in [1.29, 1.82) is 0 Å². The zero-order valence-electron chi connectivity index (χ0n) is 14.0. The summed E-state index contributed by atoms with van der Waals surface area (Å²) in [4.78, 5) is 0. The fourth-order valence-electron chi connectivity index (χ4n) is 3.14. The highest BCUT2D eigenvalue weighted by Crippen LogP contribution is 2.24. The summed E-state index contributed by atoms with van der Waals surface area (Å²) in [7, 11) is 0. The van der Waals surface area contributed by atoms with Crippen LogP contribution in [-0.2, 0) is 6.42 Å². The Hall–Kier alpha value is -1.60. The molecule has 112 valence electrons. The molecule has 0 spiro atoms. The molecule has 0 aromatic heterocycles. The average molecular weight is 281 g/mol. The van der Waals surface area contributed by atoms with Crippen LogP contribution in [0.25, 0.3) is 0 Å². The Kier molecular flexibility index (Phi) is 5.19. The molecule has 0 saturated heterocycles. The molecule has 2 rings (SSSR count). The predicted molar refractivity (Wildman–Crippen MR) is 92.0 cm³/mol. The number of hydrogen-bond donors (Lipinski definition) is 1. The van der Waals surface area contributed by atoms with E-state index in [1.807, 2.05) is 0 Å². The van der Waals surface area contributed by atoms with Gasteiger partial charge in [0.25, 0.3) is 0 Å². The number of aryl methyl sites for hydroxylation is 4. The van der Waals surface area contributed by atoms with E-state index >= 15 is 0 Å². The van der Waals surface area contributed by atoms with Crippen LogP contribution >= 0.6 is 0 Å². The molecule has 0 aliphatic heterocycles. The molecule has 21 heavy (non-hydrogen) atoms. The Morgan fingerprint density at radius 1 is 0.905 bits per heavy atom. The molecule has 0 aliphatic carbocycles. The van der Waals surface area contributed by atoms with Crippen molar-refractivity contribution in [3.05, 3.63) is 69.8 Å². The van der Waals surface area contributed by atoms with E-state index in [1.54, 1.807) is 0 Å². The van der Waals surface area contributed by atoms with Crippen LogP contribution in [0.5, 0.6) is 0 Å². The summed E-state index contributed by atoms with van der Waals surface area (Å²) in [5, 5.41) is 3.66.